The molecule has 0 aliphatic heterocycles. The van der Waals surface area contributed by atoms with Gasteiger partial charge in [0.15, 0.2) is 5.75 Å². The molecule has 1 heterocycles. The number of phenolic OH excluding ortho intramolecular Hbond substituents is 1. The highest BCUT2D eigenvalue weighted by molar-refractivity contribution is 7.94. The number of rotatable bonds is 25. The zero-order chi connectivity index (χ0) is 47.6. The smallest absolute Gasteiger partial charge is 0.266 e. The molecule has 1 aromatic heterocycles. The average molecular weight is 981 g/mol. The summed E-state index contributed by atoms with van der Waals surface area (Å²) in [6.45, 7) is 3.77. The monoisotopic (exact) mass is 980 g/mol. The number of benzene rings is 5. The van der Waals surface area contributed by atoms with Gasteiger partial charge in [0, 0.05) is 41.2 Å². The minimum absolute atomic E-state index is 0.0198. The third kappa shape index (κ3) is 14.9. The Kier molecular flexibility index (Phi) is 18.3. The zero-order valence-corrected chi connectivity index (χ0v) is 37.5. The number of ether oxygens (including phenoxy) is 2. The van der Waals surface area contributed by atoms with E-state index in [2.05, 4.69) is 76.0 Å². The molecule has 0 saturated heterocycles. The fraction of sp³-hybridized carbons (Fsp3) is 0.205. The first-order chi connectivity index (χ1) is 32.5. The maximum absolute atomic E-state index is 11.6. The number of phenols is 1. The van der Waals surface area contributed by atoms with Gasteiger partial charge in [-0.05, 0) is 92.0 Å². The molecule has 0 fully saturated rings. The molecular weight excluding hydrogens is 941 g/mol. The molecule has 28 heteroatoms. The second-order valence-electron chi connectivity index (χ2n) is 13.0. The molecule has 67 heavy (non-hydrogen) atoms. The van der Waals surface area contributed by atoms with Gasteiger partial charge in [-0.1, -0.05) is 10.1 Å². The molecule has 6 aromatic rings. The summed E-state index contributed by atoms with van der Waals surface area (Å²) in [5.74, 6) is -0.288. The van der Waals surface area contributed by atoms with E-state index in [1.54, 1.807) is 98.8 Å². The van der Waals surface area contributed by atoms with E-state index in [-0.39, 0.29) is 78.5 Å². The number of aliphatic hydroxyl groups excluding tert-OH is 1. The number of hydrogen-bond donors (Lipinski definition) is 8. The van der Waals surface area contributed by atoms with Gasteiger partial charge in [-0.15, -0.1) is 24.0 Å². The van der Waals surface area contributed by atoms with Crippen LogP contribution in [0.5, 0.6) is 17.2 Å². The van der Waals surface area contributed by atoms with Gasteiger partial charge in [0.2, 0.25) is 17.8 Å². The summed E-state index contributed by atoms with van der Waals surface area (Å²) < 4.78 is 52.5. The Labute approximate surface area is 389 Å². The molecule has 0 atom stereocenters. The number of nitrogens with one attached hydrogen (secondary N) is 3. The maximum atomic E-state index is 11.6. The van der Waals surface area contributed by atoms with Crippen LogP contribution >= 0.6 is 24.1 Å². The first-order valence-corrected chi connectivity index (χ1v) is 22.6. The number of fused-ring (bicyclic) bond motifs is 1. The summed E-state index contributed by atoms with van der Waals surface area (Å²) in [7, 11) is -4.25. The number of anilines is 4. The molecule has 0 bridgehead atoms. The Hall–Kier alpha value is -6.70. The van der Waals surface area contributed by atoms with E-state index in [0.717, 1.165) is 12.0 Å². The molecule has 0 radical (unpaired) electrons. The van der Waals surface area contributed by atoms with Gasteiger partial charge in [0.05, 0.1) is 71.6 Å². The Bertz CT molecular complexity index is 2810. The zero-order valence-electron chi connectivity index (χ0n) is 35.1. The lowest BCUT2D eigenvalue weighted by atomic mass is 10.1. The minimum Gasteiger partial charge on any atom is -0.505 e. The average Bonchev–Trinajstić information content (AvgIpc) is 3.31. The van der Waals surface area contributed by atoms with Gasteiger partial charge in [-0.3, -0.25) is 4.55 Å². The highest BCUT2D eigenvalue weighted by Crippen LogP contribution is 2.46. The summed E-state index contributed by atoms with van der Waals surface area (Å²) in [5, 5.41) is 80.9. The SMILES string of the molecule is CCOc1cc(N=Nc2c(SOOO)cc3cc(Nc4nc(NCCO)nc(NCCS(=O)(=O)O)n4)ccc3c2O)c(OCC)cc1N=Nc1ccc(N=Nc2ccc(SOOO)cc2)cc1. The van der Waals surface area contributed by atoms with Crippen LogP contribution in [0.1, 0.15) is 13.8 Å². The van der Waals surface area contributed by atoms with E-state index in [4.69, 9.17) is 28.9 Å². The number of hydrogen-bond acceptors (Lipinski definition) is 26. The lowest BCUT2D eigenvalue weighted by Crippen LogP contribution is -2.18. The van der Waals surface area contributed by atoms with Crippen LogP contribution in [-0.4, -0.2) is 87.3 Å². The molecule has 5 aromatic carbocycles. The quantitative estimate of drug-likeness (QED) is 0.00869. The van der Waals surface area contributed by atoms with Crippen LogP contribution in [-0.2, 0) is 28.9 Å². The molecule has 25 nitrogen and oxygen atoms in total. The largest absolute Gasteiger partial charge is 0.505 e. The topological polar surface area (TPSA) is 340 Å². The molecule has 0 spiro atoms. The summed E-state index contributed by atoms with van der Waals surface area (Å²) in [5.41, 5.74) is 2.58. The molecule has 6 rings (SSSR count). The molecule has 0 aliphatic carbocycles. The number of nitrogens with zero attached hydrogens (tertiary/aromatic N) is 9. The van der Waals surface area contributed by atoms with Crippen LogP contribution in [0.25, 0.3) is 10.8 Å². The third-order valence-corrected chi connectivity index (χ3v) is 10.4. The summed E-state index contributed by atoms with van der Waals surface area (Å²) in [4.78, 5) is 13.5. The van der Waals surface area contributed by atoms with Crippen molar-refractivity contribution in [2.75, 3.05) is 54.6 Å². The predicted molar refractivity (Wildman–Crippen MR) is 245 cm³/mol. The van der Waals surface area contributed by atoms with E-state index in [1.165, 1.54) is 0 Å². The van der Waals surface area contributed by atoms with Crippen LogP contribution < -0.4 is 25.4 Å². The summed E-state index contributed by atoms with van der Waals surface area (Å²) in [6, 6.07) is 23.3. The Morgan fingerprint density at radius 3 is 1.76 bits per heavy atom. The molecule has 0 saturated carbocycles. The van der Waals surface area contributed by atoms with Crippen molar-refractivity contribution >= 4 is 103 Å². The van der Waals surface area contributed by atoms with Crippen molar-refractivity contribution in [1.82, 2.24) is 15.0 Å². The van der Waals surface area contributed by atoms with Crippen molar-refractivity contribution in [2.45, 2.75) is 23.6 Å². The van der Waals surface area contributed by atoms with Crippen LogP contribution in [0, 0.1) is 0 Å². The van der Waals surface area contributed by atoms with Crippen molar-refractivity contribution in [3.63, 3.8) is 0 Å². The second kappa shape index (κ2) is 24.7. The van der Waals surface area contributed by atoms with Crippen LogP contribution in [0.3, 0.4) is 0 Å². The van der Waals surface area contributed by atoms with Crippen LogP contribution in [0.2, 0.25) is 0 Å². The highest BCUT2D eigenvalue weighted by atomic mass is 32.2. The molecular formula is C39H40N12O13S3. The minimum atomic E-state index is -4.25. The first kappa shape index (κ1) is 49.7. The van der Waals surface area contributed by atoms with E-state index < -0.39 is 15.9 Å². The van der Waals surface area contributed by atoms with Crippen molar-refractivity contribution in [1.29, 1.82) is 0 Å². The number of azo groups is 3. The fourth-order valence-electron chi connectivity index (χ4n) is 5.60. The second-order valence-corrected chi connectivity index (χ2v) is 16.1. The van der Waals surface area contributed by atoms with Gasteiger partial charge in [-0.25, -0.2) is 10.5 Å². The highest BCUT2D eigenvalue weighted by Gasteiger charge is 2.18. The predicted octanol–water partition coefficient (Wildman–Crippen LogP) is 10.1. The summed E-state index contributed by atoms with van der Waals surface area (Å²) in [6.07, 6.45) is 0. The Morgan fingerprint density at radius 1 is 0.657 bits per heavy atom. The first-order valence-electron chi connectivity index (χ1n) is 19.5. The van der Waals surface area contributed by atoms with Gasteiger partial charge in [0.25, 0.3) is 10.1 Å². The van der Waals surface area contributed by atoms with Crippen LogP contribution in [0.4, 0.5) is 57.7 Å². The van der Waals surface area contributed by atoms with Crippen molar-refractivity contribution in [2.24, 2.45) is 30.7 Å². The molecule has 0 unspecified atom stereocenters. The number of aliphatic hydroxyl groups is 1. The van der Waals surface area contributed by atoms with E-state index in [9.17, 15) is 18.6 Å². The molecule has 0 aliphatic rings. The van der Waals surface area contributed by atoms with E-state index in [1.807, 2.05) is 0 Å². The molecule has 8 N–H and O–H groups in total. The number of aromatic hydroxyl groups is 1. The van der Waals surface area contributed by atoms with E-state index >= 15 is 0 Å². The molecule has 0 amide bonds. The lowest BCUT2D eigenvalue weighted by Gasteiger charge is -2.13. The Balaban J connectivity index is 1.24. The normalized spacial score (nSPS) is 11.9. The van der Waals surface area contributed by atoms with Gasteiger partial charge in [0.1, 0.15) is 28.6 Å². The maximum Gasteiger partial charge on any atom is 0.266 e. The van der Waals surface area contributed by atoms with Crippen molar-refractivity contribution in [3.05, 3.63) is 84.9 Å². The van der Waals surface area contributed by atoms with E-state index in [0.29, 0.717) is 61.9 Å². The van der Waals surface area contributed by atoms with Crippen molar-refractivity contribution in [3.8, 4) is 17.2 Å². The Morgan fingerprint density at radius 2 is 1.19 bits per heavy atom. The third-order valence-electron chi connectivity index (χ3n) is 8.43. The lowest BCUT2D eigenvalue weighted by molar-refractivity contribution is -0.432. The molecule has 352 valence electrons. The van der Waals surface area contributed by atoms with Gasteiger partial charge in [-0.2, -0.15) is 38.7 Å². The number of aromatic nitrogens is 3. The summed E-state index contributed by atoms with van der Waals surface area (Å²) >= 11 is 1.36. The van der Waals surface area contributed by atoms with Gasteiger partial charge >= 0.3 is 0 Å². The van der Waals surface area contributed by atoms with Crippen molar-refractivity contribution < 1.29 is 61.9 Å². The van der Waals surface area contributed by atoms with Gasteiger partial charge < -0.3 is 35.6 Å². The standard InChI is InChI=1S/C39H40N12O13S3/c1-3-59-32-22-31(33(60-4-2)21-30(32)49-48-25-7-5-24(6-8-25)46-47-26-9-12-28(13-10-26)65-63-61-54)50-51-35-34(66-64-62-55)20-23-19-27(11-14-29(23)36(35)53)42-39-44-37(40-15-17-52)43-38(45-39)41-16-18-67(56,57)58/h5-14,19-22,52-55H,3-4,15-18H2,1-2H3,(H,56,57,58)(H3,40,41,42,43,44,45). The fourth-order valence-corrected chi connectivity index (χ4v) is 6.81. The van der Waals surface area contributed by atoms with Crippen LogP contribution in [0.15, 0.2) is 125 Å².